The van der Waals surface area contributed by atoms with Crippen LogP contribution in [0.3, 0.4) is 0 Å². The van der Waals surface area contributed by atoms with Gasteiger partial charge in [-0.15, -0.1) is 10.2 Å². The molecule has 0 atom stereocenters. The number of hydrogen-bond acceptors (Lipinski definition) is 6. The lowest BCUT2D eigenvalue weighted by molar-refractivity contribution is -0.154. The van der Waals surface area contributed by atoms with Gasteiger partial charge in [0.25, 0.3) is 0 Å². The first kappa shape index (κ1) is 18.9. The van der Waals surface area contributed by atoms with Crippen LogP contribution >= 0.6 is 0 Å². The second-order valence-electron chi connectivity index (χ2n) is 7.72. The lowest BCUT2D eigenvalue weighted by atomic mass is 9.89. The van der Waals surface area contributed by atoms with Crippen LogP contribution in [-0.4, -0.2) is 68.9 Å². The summed E-state index contributed by atoms with van der Waals surface area (Å²) >= 11 is 0. The van der Waals surface area contributed by atoms with E-state index in [0.29, 0.717) is 26.1 Å². The van der Waals surface area contributed by atoms with Gasteiger partial charge in [0.1, 0.15) is 5.69 Å². The second-order valence-corrected chi connectivity index (χ2v) is 7.72. The van der Waals surface area contributed by atoms with Crippen molar-refractivity contribution in [2.24, 2.45) is 7.05 Å². The van der Waals surface area contributed by atoms with Crippen LogP contribution in [0.5, 0.6) is 0 Å². The SMILES string of the molecule is CCCC(=O)N1CCOC2(CCN(c3ccc(-c4nccn4C)nn3)CC2)C1. The lowest BCUT2D eigenvalue weighted by Gasteiger charge is -2.47. The predicted octanol–water partition coefficient (Wildman–Crippen LogP) is 1.88. The quantitative estimate of drug-likeness (QED) is 0.801. The second kappa shape index (κ2) is 7.87. The number of morpholine rings is 1. The molecule has 150 valence electrons. The van der Waals surface area contributed by atoms with Crippen molar-refractivity contribution in [1.29, 1.82) is 0 Å². The molecular formula is C20H28N6O2. The number of carbonyl (C=O) groups is 1. The van der Waals surface area contributed by atoms with Gasteiger partial charge in [-0.2, -0.15) is 0 Å². The zero-order valence-corrected chi connectivity index (χ0v) is 16.7. The highest BCUT2D eigenvalue weighted by atomic mass is 16.5. The molecule has 4 heterocycles. The van der Waals surface area contributed by atoms with Gasteiger partial charge in [-0.25, -0.2) is 4.98 Å². The number of nitrogens with zero attached hydrogens (tertiary/aromatic N) is 6. The van der Waals surface area contributed by atoms with E-state index in [1.54, 1.807) is 6.20 Å². The maximum atomic E-state index is 12.3. The first-order valence-electron chi connectivity index (χ1n) is 10.1. The Morgan fingerprint density at radius 2 is 2.04 bits per heavy atom. The van der Waals surface area contributed by atoms with Gasteiger partial charge in [-0.1, -0.05) is 6.92 Å². The number of ether oxygens (including phenoxy) is 1. The predicted molar refractivity (Wildman–Crippen MR) is 106 cm³/mol. The largest absolute Gasteiger partial charge is 0.371 e. The van der Waals surface area contributed by atoms with E-state index < -0.39 is 0 Å². The number of rotatable bonds is 4. The van der Waals surface area contributed by atoms with E-state index >= 15 is 0 Å². The molecule has 0 radical (unpaired) electrons. The molecule has 8 heteroatoms. The molecule has 8 nitrogen and oxygen atoms in total. The molecule has 0 bridgehead atoms. The summed E-state index contributed by atoms with van der Waals surface area (Å²) < 4.78 is 8.09. The van der Waals surface area contributed by atoms with Crippen molar-refractivity contribution in [2.75, 3.05) is 37.7 Å². The number of anilines is 1. The van der Waals surface area contributed by atoms with Crippen LogP contribution < -0.4 is 4.90 Å². The van der Waals surface area contributed by atoms with Crippen molar-refractivity contribution in [1.82, 2.24) is 24.6 Å². The summed E-state index contributed by atoms with van der Waals surface area (Å²) in [7, 11) is 1.95. The number of imidazole rings is 1. The fraction of sp³-hybridized carbons (Fsp3) is 0.600. The van der Waals surface area contributed by atoms with E-state index in [2.05, 4.69) is 20.1 Å². The monoisotopic (exact) mass is 384 g/mol. The molecule has 4 rings (SSSR count). The van der Waals surface area contributed by atoms with Crippen LogP contribution in [0.1, 0.15) is 32.6 Å². The van der Waals surface area contributed by atoms with Crippen LogP contribution in [0.2, 0.25) is 0 Å². The Morgan fingerprint density at radius 3 is 2.68 bits per heavy atom. The topological polar surface area (TPSA) is 76.4 Å². The number of aromatic nitrogens is 4. The molecule has 2 aliphatic rings. The summed E-state index contributed by atoms with van der Waals surface area (Å²) in [4.78, 5) is 20.9. The third-order valence-electron chi connectivity index (χ3n) is 5.76. The Bertz CT molecular complexity index is 810. The van der Waals surface area contributed by atoms with Crippen molar-refractivity contribution in [3.8, 4) is 11.5 Å². The van der Waals surface area contributed by atoms with Crippen LogP contribution in [0.15, 0.2) is 24.5 Å². The van der Waals surface area contributed by atoms with Gasteiger partial charge in [-0.3, -0.25) is 4.79 Å². The molecule has 0 aliphatic carbocycles. The van der Waals surface area contributed by atoms with Crippen molar-refractivity contribution < 1.29 is 9.53 Å². The summed E-state index contributed by atoms with van der Waals surface area (Å²) in [5.74, 6) is 1.94. The van der Waals surface area contributed by atoms with Crippen molar-refractivity contribution in [3.05, 3.63) is 24.5 Å². The summed E-state index contributed by atoms with van der Waals surface area (Å²) in [5, 5.41) is 8.78. The highest BCUT2D eigenvalue weighted by Gasteiger charge is 2.41. The minimum atomic E-state index is -0.210. The average molecular weight is 384 g/mol. The number of carbonyl (C=O) groups excluding carboxylic acids is 1. The Balaban J connectivity index is 1.38. The van der Waals surface area contributed by atoms with Gasteiger partial charge >= 0.3 is 0 Å². The van der Waals surface area contributed by atoms with Gasteiger partial charge in [0.2, 0.25) is 5.91 Å². The lowest BCUT2D eigenvalue weighted by Crippen LogP contribution is -2.58. The molecule has 0 aromatic carbocycles. The fourth-order valence-electron chi connectivity index (χ4n) is 4.10. The molecule has 2 aromatic heterocycles. The zero-order valence-electron chi connectivity index (χ0n) is 16.7. The number of amides is 1. The molecule has 1 amide bonds. The molecule has 2 fully saturated rings. The smallest absolute Gasteiger partial charge is 0.222 e. The van der Waals surface area contributed by atoms with E-state index in [4.69, 9.17) is 4.74 Å². The van der Waals surface area contributed by atoms with Gasteiger partial charge in [0.15, 0.2) is 11.6 Å². The molecule has 0 saturated carbocycles. The molecule has 0 N–H and O–H groups in total. The Labute approximate surface area is 165 Å². The third-order valence-corrected chi connectivity index (χ3v) is 5.76. The summed E-state index contributed by atoms with van der Waals surface area (Å²) in [6, 6.07) is 3.98. The first-order valence-corrected chi connectivity index (χ1v) is 10.1. The van der Waals surface area contributed by atoms with Gasteiger partial charge in [0.05, 0.1) is 12.2 Å². The van der Waals surface area contributed by atoms with Crippen molar-refractivity contribution in [3.63, 3.8) is 0 Å². The molecule has 2 saturated heterocycles. The Morgan fingerprint density at radius 1 is 1.21 bits per heavy atom. The highest BCUT2D eigenvalue weighted by Crippen LogP contribution is 2.32. The third kappa shape index (κ3) is 3.73. The Kier molecular flexibility index (Phi) is 5.30. The van der Waals surface area contributed by atoms with Gasteiger partial charge in [-0.05, 0) is 31.4 Å². The Hall–Kier alpha value is -2.48. The normalized spacial score (nSPS) is 19.2. The van der Waals surface area contributed by atoms with Gasteiger partial charge < -0.3 is 19.1 Å². The van der Waals surface area contributed by atoms with Crippen LogP contribution in [0.25, 0.3) is 11.5 Å². The summed E-state index contributed by atoms with van der Waals surface area (Å²) in [6.45, 7) is 5.81. The van der Waals surface area contributed by atoms with E-state index in [0.717, 1.165) is 49.7 Å². The zero-order chi connectivity index (χ0) is 19.6. The maximum Gasteiger partial charge on any atom is 0.222 e. The number of piperidine rings is 1. The van der Waals surface area contributed by atoms with Crippen molar-refractivity contribution in [2.45, 2.75) is 38.2 Å². The van der Waals surface area contributed by atoms with E-state index in [1.807, 2.05) is 41.8 Å². The standard InChI is InChI=1S/C20H28N6O2/c1-3-4-18(27)26-13-14-28-20(15-26)7-10-25(11-8-20)17-6-5-16(22-23-17)19-21-9-12-24(19)2/h5-6,9,12H,3-4,7-8,10-11,13-15H2,1-2H3. The highest BCUT2D eigenvalue weighted by molar-refractivity contribution is 5.76. The molecule has 0 unspecified atom stereocenters. The molecule has 2 aromatic rings. The molecular weight excluding hydrogens is 356 g/mol. The first-order chi connectivity index (χ1) is 13.6. The molecule has 2 aliphatic heterocycles. The molecule has 1 spiro atoms. The van der Waals surface area contributed by atoms with Crippen molar-refractivity contribution >= 4 is 11.7 Å². The van der Waals surface area contributed by atoms with Crippen LogP contribution in [-0.2, 0) is 16.6 Å². The minimum Gasteiger partial charge on any atom is -0.371 e. The summed E-state index contributed by atoms with van der Waals surface area (Å²) in [5.41, 5.74) is 0.559. The van der Waals surface area contributed by atoms with Crippen LogP contribution in [0.4, 0.5) is 5.82 Å². The number of aryl methyl sites for hydroxylation is 1. The fourth-order valence-corrected chi connectivity index (χ4v) is 4.10. The summed E-state index contributed by atoms with van der Waals surface area (Å²) in [6.07, 6.45) is 6.96. The molecule has 28 heavy (non-hydrogen) atoms. The number of hydrogen-bond donors (Lipinski definition) is 0. The van der Waals surface area contributed by atoms with Crippen LogP contribution in [0, 0.1) is 0 Å². The van der Waals surface area contributed by atoms with E-state index in [-0.39, 0.29) is 11.5 Å². The maximum absolute atomic E-state index is 12.3. The van der Waals surface area contributed by atoms with Gasteiger partial charge in [0, 0.05) is 52.0 Å². The van der Waals surface area contributed by atoms with E-state index in [9.17, 15) is 4.79 Å². The minimum absolute atomic E-state index is 0.210. The van der Waals surface area contributed by atoms with E-state index in [1.165, 1.54) is 0 Å². The average Bonchev–Trinajstić information content (AvgIpc) is 3.15.